The number of ether oxygens (including phenoxy) is 1. The summed E-state index contributed by atoms with van der Waals surface area (Å²) < 4.78 is 5.33. The van der Waals surface area contributed by atoms with Crippen LogP contribution in [0.5, 0.6) is 0 Å². The molecular formula is C21H34N2O3. The zero-order chi connectivity index (χ0) is 18.5. The summed E-state index contributed by atoms with van der Waals surface area (Å²) in [6.45, 7) is 6.98. The molecule has 1 heterocycles. The van der Waals surface area contributed by atoms with Crippen LogP contribution in [0.15, 0.2) is 0 Å². The number of carbonyl (C=O) groups is 2. The highest BCUT2D eigenvalue weighted by Gasteiger charge is 2.48. The standard InChI is InChI=1S/C21H34N2O3/c1-21(2,3)26-20(25)22-17-4-5-23(12-17)19(24)11-18-15-7-13-6-14(9-15)10-16(18)8-13/h13-18H,4-12H2,1-3H3,(H,22,25)/t13?,14?,15?,16?,17-,18?/m1/s1. The van der Waals surface area contributed by atoms with Gasteiger partial charge in [-0.1, -0.05) is 0 Å². The van der Waals surface area contributed by atoms with Crippen molar-refractivity contribution in [1.82, 2.24) is 10.2 Å². The summed E-state index contributed by atoms with van der Waals surface area (Å²) in [5.74, 6) is 4.43. The van der Waals surface area contributed by atoms with Gasteiger partial charge in [0.25, 0.3) is 0 Å². The van der Waals surface area contributed by atoms with Gasteiger partial charge in [-0.05, 0) is 88.9 Å². The lowest BCUT2D eigenvalue weighted by Crippen LogP contribution is -2.47. The first-order valence-electron chi connectivity index (χ1n) is 10.5. The lowest BCUT2D eigenvalue weighted by atomic mass is 9.51. The third-order valence-electron chi connectivity index (χ3n) is 7.09. The van der Waals surface area contributed by atoms with Crippen LogP contribution >= 0.6 is 0 Å². The number of alkyl carbamates (subject to hydrolysis) is 1. The van der Waals surface area contributed by atoms with Crippen molar-refractivity contribution in [2.45, 2.75) is 77.4 Å². The fourth-order valence-electron chi connectivity index (χ4n) is 6.28. The summed E-state index contributed by atoms with van der Waals surface area (Å²) in [5.41, 5.74) is -0.488. The highest BCUT2D eigenvalue weighted by Crippen LogP contribution is 2.57. The van der Waals surface area contributed by atoms with E-state index in [4.69, 9.17) is 4.74 Å². The Hall–Kier alpha value is -1.26. The molecule has 0 spiro atoms. The topological polar surface area (TPSA) is 58.6 Å². The lowest BCUT2D eigenvalue weighted by Gasteiger charge is -2.54. The predicted octanol–water partition coefficient (Wildman–Crippen LogP) is 3.57. The van der Waals surface area contributed by atoms with Crippen molar-refractivity contribution in [3.63, 3.8) is 0 Å². The second kappa shape index (κ2) is 6.72. The molecule has 1 aliphatic heterocycles. The van der Waals surface area contributed by atoms with E-state index in [0.29, 0.717) is 18.4 Å². The Balaban J connectivity index is 1.27. The van der Waals surface area contributed by atoms with Gasteiger partial charge in [0.15, 0.2) is 0 Å². The number of hydrogen-bond acceptors (Lipinski definition) is 3. The summed E-state index contributed by atoms with van der Waals surface area (Å²) >= 11 is 0. The molecule has 1 atom stereocenters. The molecule has 1 N–H and O–H groups in total. The maximum atomic E-state index is 12.9. The third kappa shape index (κ3) is 3.86. The van der Waals surface area contributed by atoms with Crippen LogP contribution in [-0.4, -0.2) is 41.6 Å². The van der Waals surface area contributed by atoms with Gasteiger partial charge in [0.05, 0.1) is 6.04 Å². The summed E-state index contributed by atoms with van der Waals surface area (Å²) in [4.78, 5) is 26.8. The van der Waals surface area contributed by atoms with Crippen LogP contribution < -0.4 is 5.32 Å². The smallest absolute Gasteiger partial charge is 0.407 e. The second-order valence-electron chi connectivity index (χ2n) is 10.3. The zero-order valence-electron chi connectivity index (χ0n) is 16.5. The number of carbonyl (C=O) groups excluding carboxylic acids is 2. The van der Waals surface area contributed by atoms with E-state index in [1.54, 1.807) is 0 Å². The third-order valence-corrected chi connectivity index (χ3v) is 7.09. The van der Waals surface area contributed by atoms with E-state index in [-0.39, 0.29) is 12.1 Å². The Morgan fingerprint density at radius 3 is 2.23 bits per heavy atom. The van der Waals surface area contributed by atoms with E-state index in [1.165, 1.54) is 32.1 Å². The van der Waals surface area contributed by atoms with Gasteiger partial charge in [-0.25, -0.2) is 4.79 Å². The van der Waals surface area contributed by atoms with Crippen LogP contribution in [-0.2, 0) is 9.53 Å². The molecule has 0 radical (unpaired) electrons. The molecule has 5 rings (SSSR count). The molecule has 4 bridgehead atoms. The number of rotatable bonds is 3. The molecule has 5 heteroatoms. The molecule has 0 aromatic carbocycles. The monoisotopic (exact) mass is 362 g/mol. The maximum Gasteiger partial charge on any atom is 0.407 e. The van der Waals surface area contributed by atoms with E-state index >= 15 is 0 Å². The Kier molecular flexibility index (Phi) is 4.68. The van der Waals surface area contributed by atoms with E-state index < -0.39 is 5.60 Å². The Morgan fingerprint density at radius 2 is 1.65 bits per heavy atom. The van der Waals surface area contributed by atoms with E-state index in [9.17, 15) is 9.59 Å². The van der Waals surface area contributed by atoms with E-state index in [2.05, 4.69) is 5.32 Å². The number of amides is 2. The van der Waals surface area contributed by atoms with Crippen molar-refractivity contribution >= 4 is 12.0 Å². The molecule has 1 saturated heterocycles. The molecule has 0 aromatic rings. The van der Waals surface area contributed by atoms with Gasteiger partial charge in [0, 0.05) is 19.5 Å². The molecule has 5 fully saturated rings. The van der Waals surface area contributed by atoms with E-state index in [0.717, 1.165) is 43.1 Å². The molecule has 4 aliphatic carbocycles. The molecule has 2 amide bonds. The minimum Gasteiger partial charge on any atom is -0.444 e. The normalized spacial score (nSPS) is 38.5. The first-order chi connectivity index (χ1) is 12.3. The van der Waals surface area contributed by atoms with Crippen molar-refractivity contribution in [2.75, 3.05) is 13.1 Å². The number of likely N-dealkylation sites (tertiary alicyclic amines) is 1. The fourth-order valence-corrected chi connectivity index (χ4v) is 6.28. The number of hydrogen-bond donors (Lipinski definition) is 1. The number of nitrogens with zero attached hydrogens (tertiary/aromatic N) is 1. The van der Waals surface area contributed by atoms with Crippen molar-refractivity contribution in [1.29, 1.82) is 0 Å². The van der Waals surface area contributed by atoms with Crippen molar-refractivity contribution in [2.24, 2.45) is 29.6 Å². The summed E-state index contributed by atoms with van der Waals surface area (Å²) in [6, 6.07) is 0.0206. The number of nitrogens with one attached hydrogen (secondary N) is 1. The van der Waals surface area contributed by atoms with Crippen LogP contribution in [0.2, 0.25) is 0 Å². The van der Waals surface area contributed by atoms with Crippen LogP contribution in [0.25, 0.3) is 0 Å². The molecule has 146 valence electrons. The minimum atomic E-state index is -0.488. The highest BCUT2D eigenvalue weighted by atomic mass is 16.6. The largest absolute Gasteiger partial charge is 0.444 e. The average molecular weight is 363 g/mol. The van der Waals surface area contributed by atoms with Gasteiger partial charge in [-0.3, -0.25) is 4.79 Å². The van der Waals surface area contributed by atoms with Gasteiger partial charge >= 0.3 is 6.09 Å². The van der Waals surface area contributed by atoms with Crippen molar-refractivity contribution in [3.8, 4) is 0 Å². The van der Waals surface area contributed by atoms with Crippen LogP contribution in [0, 0.1) is 29.6 Å². The van der Waals surface area contributed by atoms with Crippen LogP contribution in [0.4, 0.5) is 4.79 Å². The Labute approximate surface area is 157 Å². The quantitative estimate of drug-likeness (QED) is 0.835. The van der Waals surface area contributed by atoms with Gasteiger partial charge in [0.1, 0.15) is 5.60 Å². The lowest BCUT2D eigenvalue weighted by molar-refractivity contribution is -0.135. The summed E-state index contributed by atoms with van der Waals surface area (Å²) in [5, 5.41) is 2.92. The van der Waals surface area contributed by atoms with Crippen LogP contribution in [0.1, 0.15) is 65.7 Å². The first-order valence-corrected chi connectivity index (χ1v) is 10.5. The summed E-state index contributed by atoms with van der Waals surface area (Å²) in [6.07, 6.45) is 8.11. The molecule has 0 unspecified atom stereocenters. The SMILES string of the molecule is CC(C)(C)OC(=O)N[C@@H]1CCN(C(=O)CC2C3CC4CC(C3)CC2C4)C1. The van der Waals surface area contributed by atoms with Crippen molar-refractivity contribution in [3.05, 3.63) is 0 Å². The fraction of sp³-hybridized carbons (Fsp3) is 0.905. The molecule has 5 nitrogen and oxygen atoms in total. The average Bonchev–Trinajstić information content (AvgIpc) is 2.96. The summed E-state index contributed by atoms with van der Waals surface area (Å²) in [7, 11) is 0. The van der Waals surface area contributed by atoms with Crippen LogP contribution in [0.3, 0.4) is 0 Å². The van der Waals surface area contributed by atoms with Gasteiger partial charge in [0.2, 0.25) is 5.91 Å². The van der Waals surface area contributed by atoms with Gasteiger partial charge < -0.3 is 15.0 Å². The molecule has 5 aliphatic rings. The zero-order valence-corrected chi connectivity index (χ0v) is 16.5. The Bertz CT molecular complexity index is 540. The van der Waals surface area contributed by atoms with Gasteiger partial charge in [-0.2, -0.15) is 0 Å². The van der Waals surface area contributed by atoms with E-state index in [1.807, 2.05) is 25.7 Å². The predicted molar refractivity (Wildman–Crippen MR) is 99.5 cm³/mol. The molecule has 4 saturated carbocycles. The maximum absolute atomic E-state index is 12.9. The molecule has 0 aromatic heterocycles. The minimum absolute atomic E-state index is 0.0206. The van der Waals surface area contributed by atoms with Gasteiger partial charge in [-0.15, -0.1) is 0 Å². The second-order valence-corrected chi connectivity index (χ2v) is 10.3. The first kappa shape index (κ1) is 18.1. The highest BCUT2D eigenvalue weighted by molar-refractivity contribution is 5.77. The Morgan fingerprint density at radius 1 is 1.04 bits per heavy atom. The molecule has 26 heavy (non-hydrogen) atoms. The van der Waals surface area contributed by atoms with Crippen molar-refractivity contribution < 1.29 is 14.3 Å². The molecular weight excluding hydrogens is 328 g/mol.